The molecule has 0 radical (unpaired) electrons. The van der Waals surface area contributed by atoms with Crippen LogP contribution in [0.4, 0.5) is 8.78 Å². The lowest BCUT2D eigenvalue weighted by molar-refractivity contribution is 0.113. The van der Waals surface area contributed by atoms with Crippen molar-refractivity contribution in [3.63, 3.8) is 0 Å². The highest BCUT2D eigenvalue weighted by atomic mass is 19.1. The van der Waals surface area contributed by atoms with Gasteiger partial charge in [-0.1, -0.05) is 6.07 Å². The van der Waals surface area contributed by atoms with E-state index in [-0.39, 0.29) is 0 Å². The van der Waals surface area contributed by atoms with Crippen molar-refractivity contribution in [2.75, 3.05) is 40.3 Å². The number of piperazine rings is 1. The average molecular weight is 269 g/mol. The Bertz CT molecular complexity index is 425. The lowest BCUT2D eigenvalue weighted by Crippen LogP contribution is -2.53. The van der Waals surface area contributed by atoms with Crippen LogP contribution in [0.2, 0.25) is 0 Å². The maximum atomic E-state index is 13.5. The first kappa shape index (κ1) is 14.4. The second-order valence-electron chi connectivity index (χ2n) is 5.26. The lowest BCUT2D eigenvalue weighted by atomic mass is 10.1. The summed E-state index contributed by atoms with van der Waals surface area (Å²) in [4.78, 5) is 4.61. The molecule has 1 aromatic rings. The summed E-state index contributed by atoms with van der Waals surface area (Å²) in [7, 11) is 4.22. The fourth-order valence-corrected chi connectivity index (χ4v) is 2.36. The molecule has 0 amide bonds. The van der Waals surface area contributed by atoms with Gasteiger partial charge in [0, 0.05) is 50.4 Å². The molecule has 1 aromatic carbocycles. The van der Waals surface area contributed by atoms with E-state index in [2.05, 4.69) is 29.2 Å². The zero-order chi connectivity index (χ0) is 13.8. The Balaban J connectivity index is 1.82. The summed E-state index contributed by atoms with van der Waals surface area (Å²) in [6.45, 7) is 4.38. The van der Waals surface area contributed by atoms with Crippen LogP contribution < -0.4 is 5.32 Å². The third kappa shape index (κ3) is 3.96. The molecule has 0 saturated carbocycles. The van der Waals surface area contributed by atoms with Crippen LogP contribution in [-0.2, 0) is 6.54 Å². The van der Waals surface area contributed by atoms with Gasteiger partial charge in [-0.15, -0.1) is 0 Å². The number of hydrogen-bond acceptors (Lipinski definition) is 3. The lowest BCUT2D eigenvalue weighted by Gasteiger charge is -2.37. The summed E-state index contributed by atoms with van der Waals surface area (Å²) in [5, 5.41) is 3.25. The van der Waals surface area contributed by atoms with Gasteiger partial charge in [-0.25, -0.2) is 8.78 Å². The van der Waals surface area contributed by atoms with Gasteiger partial charge in [0.1, 0.15) is 11.6 Å². The molecule has 3 nitrogen and oxygen atoms in total. The summed E-state index contributed by atoms with van der Waals surface area (Å²) in [6, 6.07) is 4.15. The minimum Gasteiger partial charge on any atom is -0.311 e. The third-order valence-electron chi connectivity index (χ3n) is 3.69. The van der Waals surface area contributed by atoms with Crippen LogP contribution in [0.5, 0.6) is 0 Å². The van der Waals surface area contributed by atoms with E-state index in [1.807, 2.05) is 0 Å². The van der Waals surface area contributed by atoms with E-state index >= 15 is 0 Å². The summed E-state index contributed by atoms with van der Waals surface area (Å²) in [5.41, 5.74) is 0.508. The van der Waals surface area contributed by atoms with Gasteiger partial charge in [0.25, 0.3) is 0 Å². The second kappa shape index (κ2) is 6.41. The molecule has 1 N–H and O–H groups in total. The number of hydrogen-bond donors (Lipinski definition) is 1. The van der Waals surface area contributed by atoms with E-state index in [9.17, 15) is 8.78 Å². The van der Waals surface area contributed by atoms with Crippen LogP contribution >= 0.6 is 0 Å². The second-order valence-corrected chi connectivity index (χ2v) is 5.26. The van der Waals surface area contributed by atoms with Crippen LogP contribution in [-0.4, -0.2) is 56.1 Å². The van der Waals surface area contributed by atoms with Gasteiger partial charge in [-0.05, 0) is 20.2 Å². The van der Waals surface area contributed by atoms with Crippen molar-refractivity contribution < 1.29 is 8.78 Å². The topological polar surface area (TPSA) is 18.5 Å². The summed E-state index contributed by atoms with van der Waals surface area (Å²) >= 11 is 0. The molecule has 19 heavy (non-hydrogen) atoms. The first-order chi connectivity index (χ1) is 9.06. The first-order valence-electron chi connectivity index (χ1n) is 6.59. The Morgan fingerprint density at radius 1 is 1.26 bits per heavy atom. The quantitative estimate of drug-likeness (QED) is 0.889. The zero-order valence-corrected chi connectivity index (χ0v) is 11.5. The van der Waals surface area contributed by atoms with E-state index in [4.69, 9.17) is 0 Å². The molecule has 0 aliphatic carbocycles. The molecule has 1 aliphatic rings. The maximum absolute atomic E-state index is 13.5. The molecule has 1 aliphatic heterocycles. The molecule has 1 saturated heterocycles. The third-order valence-corrected chi connectivity index (χ3v) is 3.69. The highest BCUT2D eigenvalue weighted by molar-refractivity contribution is 5.18. The van der Waals surface area contributed by atoms with Crippen LogP contribution in [0.1, 0.15) is 5.56 Å². The van der Waals surface area contributed by atoms with Crippen molar-refractivity contribution in [2.24, 2.45) is 0 Å². The van der Waals surface area contributed by atoms with Crippen LogP contribution in [0.15, 0.2) is 18.2 Å². The van der Waals surface area contributed by atoms with E-state index in [0.717, 1.165) is 32.2 Å². The number of nitrogens with zero attached hydrogens (tertiary/aromatic N) is 2. The van der Waals surface area contributed by atoms with Gasteiger partial charge in [0.05, 0.1) is 0 Å². The summed E-state index contributed by atoms with van der Waals surface area (Å²) < 4.78 is 26.2. The Labute approximate surface area is 113 Å². The minimum atomic E-state index is -0.533. The minimum absolute atomic E-state index is 0.431. The molecule has 0 bridgehead atoms. The maximum Gasteiger partial charge on any atom is 0.130 e. The first-order valence-corrected chi connectivity index (χ1v) is 6.59. The standard InChI is InChI=1S/C14H21F2N3/c1-18-5-6-19(2)13(10-18)9-17-8-11-3-4-12(15)7-14(11)16/h3-4,7,13,17H,5-6,8-10H2,1-2H3. The van der Waals surface area contributed by atoms with Gasteiger partial charge in [-0.2, -0.15) is 0 Å². The molecule has 5 heteroatoms. The molecule has 106 valence electrons. The van der Waals surface area contributed by atoms with Crippen molar-refractivity contribution >= 4 is 0 Å². The molecular formula is C14H21F2N3. The fourth-order valence-electron chi connectivity index (χ4n) is 2.36. The SMILES string of the molecule is CN1CCN(C)C(CNCc2ccc(F)cc2F)C1. The predicted octanol–water partition coefficient (Wildman–Crippen LogP) is 1.30. The molecule has 0 spiro atoms. The zero-order valence-electron chi connectivity index (χ0n) is 11.5. The molecule has 1 atom stereocenters. The monoisotopic (exact) mass is 269 g/mol. The molecule has 1 fully saturated rings. The van der Waals surface area contributed by atoms with Gasteiger partial charge in [0.2, 0.25) is 0 Å². The fraction of sp³-hybridized carbons (Fsp3) is 0.571. The Morgan fingerprint density at radius 2 is 2.05 bits per heavy atom. The molecule has 1 unspecified atom stereocenters. The Morgan fingerprint density at radius 3 is 2.79 bits per heavy atom. The van der Waals surface area contributed by atoms with Gasteiger partial charge in [-0.3, -0.25) is 4.90 Å². The number of rotatable bonds is 4. The Kier molecular flexibility index (Phi) is 4.85. The normalized spacial score (nSPS) is 21.8. The van der Waals surface area contributed by atoms with Crippen molar-refractivity contribution in [1.29, 1.82) is 0 Å². The van der Waals surface area contributed by atoms with Gasteiger partial charge < -0.3 is 10.2 Å². The summed E-state index contributed by atoms with van der Waals surface area (Å²) in [5.74, 6) is -1.02. The highest BCUT2D eigenvalue weighted by Gasteiger charge is 2.21. The molecular weight excluding hydrogens is 248 g/mol. The molecule has 2 rings (SSSR count). The van der Waals surface area contributed by atoms with Crippen molar-refractivity contribution in [1.82, 2.24) is 15.1 Å². The summed E-state index contributed by atoms with van der Waals surface area (Å²) in [6.07, 6.45) is 0. The van der Waals surface area contributed by atoms with E-state index in [1.165, 1.54) is 12.1 Å². The van der Waals surface area contributed by atoms with Gasteiger partial charge in [0.15, 0.2) is 0 Å². The Hall–Kier alpha value is -1.04. The van der Waals surface area contributed by atoms with Crippen molar-refractivity contribution in [3.05, 3.63) is 35.4 Å². The number of likely N-dealkylation sites (N-methyl/N-ethyl adjacent to an activating group) is 2. The van der Waals surface area contributed by atoms with E-state index in [1.54, 1.807) is 0 Å². The average Bonchev–Trinajstić information content (AvgIpc) is 2.36. The number of benzene rings is 1. The van der Waals surface area contributed by atoms with Crippen molar-refractivity contribution in [3.8, 4) is 0 Å². The number of nitrogens with one attached hydrogen (secondary N) is 1. The van der Waals surface area contributed by atoms with Crippen LogP contribution in [0.3, 0.4) is 0 Å². The predicted molar refractivity (Wildman–Crippen MR) is 72.0 cm³/mol. The largest absolute Gasteiger partial charge is 0.311 e. The van der Waals surface area contributed by atoms with E-state index in [0.29, 0.717) is 18.2 Å². The smallest absolute Gasteiger partial charge is 0.130 e. The number of halogens is 2. The van der Waals surface area contributed by atoms with Crippen molar-refractivity contribution in [2.45, 2.75) is 12.6 Å². The molecule has 0 aromatic heterocycles. The van der Waals surface area contributed by atoms with Crippen LogP contribution in [0, 0.1) is 11.6 Å². The van der Waals surface area contributed by atoms with E-state index < -0.39 is 11.6 Å². The van der Waals surface area contributed by atoms with Gasteiger partial charge >= 0.3 is 0 Å². The highest BCUT2D eigenvalue weighted by Crippen LogP contribution is 2.10. The molecule has 1 heterocycles. The van der Waals surface area contributed by atoms with Crippen LogP contribution in [0.25, 0.3) is 0 Å².